The van der Waals surface area contributed by atoms with E-state index in [0.717, 1.165) is 11.8 Å². The van der Waals surface area contributed by atoms with Crippen LogP contribution in [0.1, 0.15) is 11.1 Å². The van der Waals surface area contributed by atoms with E-state index in [0.29, 0.717) is 18.7 Å². The molecule has 0 radical (unpaired) electrons. The van der Waals surface area contributed by atoms with E-state index >= 15 is 0 Å². The highest BCUT2D eigenvalue weighted by molar-refractivity contribution is 7.90. The largest absolute Gasteiger partial charge is 0.382 e. The molecule has 0 heterocycles. The number of halogens is 1. The smallest absolute Gasteiger partial charge is 0.175 e. The zero-order valence-electron chi connectivity index (χ0n) is 12.0. The Morgan fingerprint density at radius 3 is 2.41 bits per heavy atom. The van der Waals surface area contributed by atoms with E-state index in [2.05, 4.69) is 5.32 Å². The van der Waals surface area contributed by atoms with Crippen molar-refractivity contribution in [3.63, 3.8) is 0 Å². The summed E-state index contributed by atoms with van der Waals surface area (Å²) < 4.78 is 36.4. The minimum absolute atomic E-state index is 0.277. The molecule has 2 aromatic rings. The summed E-state index contributed by atoms with van der Waals surface area (Å²) in [4.78, 5) is 0.280. The summed E-state index contributed by atoms with van der Waals surface area (Å²) in [6, 6.07) is 12.7. The first-order chi connectivity index (χ1) is 10.4. The third-order valence-corrected chi connectivity index (χ3v) is 4.31. The van der Waals surface area contributed by atoms with Gasteiger partial charge in [0.1, 0.15) is 5.82 Å². The Bertz CT molecular complexity index is 809. The van der Waals surface area contributed by atoms with Crippen LogP contribution in [0.15, 0.2) is 47.4 Å². The Morgan fingerprint density at radius 2 is 1.86 bits per heavy atom. The third kappa shape index (κ3) is 4.06. The lowest BCUT2D eigenvalue weighted by Crippen LogP contribution is -2.06. The molecule has 0 saturated carbocycles. The van der Waals surface area contributed by atoms with Gasteiger partial charge in [0.25, 0.3) is 0 Å². The van der Waals surface area contributed by atoms with Crippen LogP contribution in [0.5, 0.6) is 0 Å². The first-order valence-electron chi connectivity index (χ1n) is 6.62. The second kappa shape index (κ2) is 6.58. The van der Waals surface area contributed by atoms with Crippen molar-refractivity contribution in [2.24, 2.45) is 0 Å². The van der Waals surface area contributed by atoms with Gasteiger partial charge in [0.15, 0.2) is 9.84 Å². The normalized spacial score (nSPS) is 11.0. The molecule has 114 valence electrons. The van der Waals surface area contributed by atoms with Crippen LogP contribution >= 0.6 is 0 Å². The van der Waals surface area contributed by atoms with Gasteiger partial charge in [-0.15, -0.1) is 0 Å². The molecular weight excluding hydrogens is 303 g/mol. The van der Waals surface area contributed by atoms with Crippen LogP contribution in [0.25, 0.3) is 0 Å². The number of anilines is 1. The van der Waals surface area contributed by atoms with E-state index in [1.165, 1.54) is 12.1 Å². The molecule has 2 aromatic carbocycles. The van der Waals surface area contributed by atoms with Gasteiger partial charge in [-0.2, -0.15) is 5.26 Å². The maximum atomic E-state index is 13.7. The highest BCUT2D eigenvalue weighted by atomic mass is 32.2. The van der Waals surface area contributed by atoms with Gasteiger partial charge in [-0.3, -0.25) is 0 Å². The quantitative estimate of drug-likeness (QED) is 0.920. The fraction of sp³-hybridized carbons (Fsp3) is 0.188. The highest BCUT2D eigenvalue weighted by Crippen LogP contribution is 2.16. The molecule has 0 aliphatic heterocycles. The molecule has 0 atom stereocenters. The third-order valence-electron chi connectivity index (χ3n) is 3.18. The monoisotopic (exact) mass is 318 g/mol. The van der Waals surface area contributed by atoms with Crippen molar-refractivity contribution in [1.82, 2.24) is 0 Å². The van der Waals surface area contributed by atoms with Gasteiger partial charge in [0.05, 0.1) is 22.2 Å². The van der Waals surface area contributed by atoms with Crippen LogP contribution in [0.2, 0.25) is 0 Å². The van der Waals surface area contributed by atoms with Gasteiger partial charge < -0.3 is 5.32 Å². The van der Waals surface area contributed by atoms with Crippen LogP contribution in [0.4, 0.5) is 10.1 Å². The van der Waals surface area contributed by atoms with E-state index in [9.17, 15) is 12.8 Å². The summed E-state index contributed by atoms with van der Waals surface area (Å²) in [5, 5.41) is 11.6. The molecule has 0 spiro atoms. The van der Waals surface area contributed by atoms with Gasteiger partial charge in [-0.05, 0) is 42.3 Å². The predicted octanol–water partition coefficient (Wildman–Crippen LogP) is 2.76. The van der Waals surface area contributed by atoms with Crippen molar-refractivity contribution in [2.45, 2.75) is 11.3 Å². The maximum absolute atomic E-state index is 13.7. The Balaban J connectivity index is 1.95. The van der Waals surface area contributed by atoms with E-state index in [-0.39, 0.29) is 10.5 Å². The summed E-state index contributed by atoms with van der Waals surface area (Å²) in [6.07, 6.45) is 1.79. The van der Waals surface area contributed by atoms with Gasteiger partial charge >= 0.3 is 0 Å². The lowest BCUT2D eigenvalue weighted by Gasteiger charge is -2.08. The predicted molar refractivity (Wildman–Crippen MR) is 82.9 cm³/mol. The molecule has 2 rings (SSSR count). The lowest BCUT2D eigenvalue weighted by atomic mass is 10.1. The molecule has 0 aliphatic carbocycles. The van der Waals surface area contributed by atoms with E-state index in [4.69, 9.17) is 5.26 Å². The maximum Gasteiger partial charge on any atom is 0.175 e. The van der Waals surface area contributed by atoms with E-state index in [1.807, 2.05) is 6.07 Å². The average molecular weight is 318 g/mol. The summed E-state index contributed by atoms with van der Waals surface area (Å²) in [5.74, 6) is -0.466. The standard InChI is InChI=1S/C16H15FN2O2S/c1-22(20,21)14-5-2-12(3-6-14)8-9-19-16-7-4-13(11-18)10-15(16)17/h2-7,10,19H,8-9H2,1H3. The number of nitrogens with zero attached hydrogens (tertiary/aromatic N) is 1. The Hall–Kier alpha value is -2.39. The zero-order chi connectivity index (χ0) is 16.2. The fourth-order valence-corrected chi connectivity index (χ4v) is 2.60. The summed E-state index contributed by atoms with van der Waals surface area (Å²) in [7, 11) is -3.19. The molecular formula is C16H15FN2O2S. The Kier molecular flexibility index (Phi) is 4.78. The van der Waals surface area contributed by atoms with Crippen molar-refractivity contribution in [2.75, 3.05) is 18.1 Å². The SMILES string of the molecule is CS(=O)(=O)c1ccc(CCNc2ccc(C#N)cc2F)cc1. The number of hydrogen-bond acceptors (Lipinski definition) is 4. The molecule has 22 heavy (non-hydrogen) atoms. The molecule has 0 amide bonds. The minimum Gasteiger partial charge on any atom is -0.382 e. The number of nitrogens with one attached hydrogen (secondary N) is 1. The first-order valence-corrected chi connectivity index (χ1v) is 8.52. The fourth-order valence-electron chi connectivity index (χ4n) is 1.97. The van der Waals surface area contributed by atoms with Crippen molar-refractivity contribution < 1.29 is 12.8 Å². The number of sulfone groups is 1. The molecule has 0 fully saturated rings. The molecule has 4 nitrogen and oxygen atoms in total. The van der Waals surface area contributed by atoms with Crippen molar-refractivity contribution in [3.05, 3.63) is 59.4 Å². The first kappa shape index (κ1) is 16.0. The van der Waals surface area contributed by atoms with Gasteiger partial charge in [0.2, 0.25) is 0 Å². The molecule has 0 saturated heterocycles. The van der Waals surface area contributed by atoms with Gasteiger partial charge in [-0.25, -0.2) is 12.8 Å². The number of rotatable bonds is 5. The van der Waals surface area contributed by atoms with Crippen molar-refractivity contribution in [3.8, 4) is 6.07 Å². The Labute approximate surface area is 129 Å². The van der Waals surface area contributed by atoms with Crippen LogP contribution in [-0.4, -0.2) is 21.2 Å². The number of hydrogen-bond donors (Lipinski definition) is 1. The molecule has 6 heteroatoms. The topological polar surface area (TPSA) is 70.0 Å². The Morgan fingerprint density at radius 1 is 1.18 bits per heavy atom. The summed E-state index contributed by atoms with van der Waals surface area (Å²) in [5.41, 5.74) is 1.57. The van der Waals surface area contributed by atoms with E-state index in [1.54, 1.807) is 30.3 Å². The zero-order valence-corrected chi connectivity index (χ0v) is 12.8. The molecule has 0 bridgehead atoms. The van der Waals surface area contributed by atoms with E-state index < -0.39 is 15.7 Å². The minimum atomic E-state index is -3.19. The van der Waals surface area contributed by atoms with Gasteiger partial charge in [-0.1, -0.05) is 12.1 Å². The second-order valence-corrected chi connectivity index (χ2v) is 6.92. The van der Waals surface area contributed by atoms with Crippen molar-refractivity contribution >= 4 is 15.5 Å². The highest BCUT2D eigenvalue weighted by Gasteiger charge is 2.06. The molecule has 0 unspecified atom stereocenters. The summed E-state index contributed by atoms with van der Waals surface area (Å²) >= 11 is 0. The van der Waals surface area contributed by atoms with Crippen LogP contribution in [0.3, 0.4) is 0 Å². The van der Waals surface area contributed by atoms with Crippen molar-refractivity contribution in [1.29, 1.82) is 5.26 Å². The molecule has 0 aromatic heterocycles. The number of nitriles is 1. The lowest BCUT2D eigenvalue weighted by molar-refractivity contribution is 0.602. The molecule has 0 aliphatic rings. The average Bonchev–Trinajstić information content (AvgIpc) is 2.48. The second-order valence-electron chi connectivity index (χ2n) is 4.90. The van der Waals surface area contributed by atoms with Crippen LogP contribution in [-0.2, 0) is 16.3 Å². The summed E-state index contributed by atoms with van der Waals surface area (Å²) in [6.45, 7) is 0.501. The van der Waals surface area contributed by atoms with Crippen LogP contribution < -0.4 is 5.32 Å². The molecule has 1 N–H and O–H groups in total. The van der Waals surface area contributed by atoms with Gasteiger partial charge in [0, 0.05) is 12.8 Å². The number of benzene rings is 2. The van der Waals surface area contributed by atoms with Crippen LogP contribution in [0, 0.1) is 17.1 Å².